The van der Waals surface area contributed by atoms with Crippen molar-refractivity contribution in [1.29, 1.82) is 0 Å². The Balaban J connectivity index is -0.000000101. The van der Waals surface area contributed by atoms with E-state index in [2.05, 4.69) is 51.5 Å². The van der Waals surface area contributed by atoms with Crippen molar-refractivity contribution in [2.24, 2.45) is 16.0 Å². The van der Waals surface area contributed by atoms with E-state index in [1.54, 1.807) is 0 Å². The van der Waals surface area contributed by atoms with Gasteiger partial charge in [0.2, 0.25) is 25.8 Å². The maximum absolute atomic E-state index is 10.9. The van der Waals surface area contributed by atoms with E-state index in [0.29, 0.717) is 12.6 Å². The van der Waals surface area contributed by atoms with Gasteiger partial charge in [-0.3, -0.25) is 65.5 Å². The van der Waals surface area contributed by atoms with Crippen LogP contribution in [0.15, 0.2) is 53.6 Å². The van der Waals surface area contributed by atoms with E-state index < -0.39 is 42.6 Å². The number of carbonyl (C=O) groups excluding carboxylic acids is 1. The molecule has 0 rings (SSSR count). The summed E-state index contributed by atoms with van der Waals surface area (Å²) in [5.74, 6) is -0.0763. The number of aliphatic hydroxyl groups excluding tert-OH is 1. The van der Waals surface area contributed by atoms with Gasteiger partial charge < -0.3 is 24.4 Å². The summed E-state index contributed by atoms with van der Waals surface area (Å²) in [6.07, 6.45) is 23.9. The van der Waals surface area contributed by atoms with Gasteiger partial charge in [-0.1, -0.05) is 84.4 Å². The normalized spacial score (nSPS) is 8.75. The summed E-state index contributed by atoms with van der Waals surface area (Å²) in [5.41, 5.74) is 0. The average Bonchev–Trinajstić information content (AvgIpc) is 3.21. The lowest BCUT2D eigenvalue weighted by Gasteiger charge is -2.00. The van der Waals surface area contributed by atoms with Crippen molar-refractivity contribution >= 4 is 5.97 Å². The van der Waals surface area contributed by atoms with Crippen LogP contribution in [-0.2, 0) is 24.0 Å². The van der Waals surface area contributed by atoms with Crippen LogP contribution < -0.4 is 0 Å². The number of hydrogen-bond donors (Lipinski definition) is 1. The molecule has 1 N–H and O–H groups in total. The predicted molar refractivity (Wildman–Crippen MR) is 227 cm³/mol. The Morgan fingerprint density at radius 3 is 1.22 bits per heavy atom. The van der Waals surface area contributed by atoms with Crippen LogP contribution in [0.1, 0.15) is 104 Å². The Morgan fingerprint density at radius 1 is 0.587 bits per heavy atom. The first-order valence-electron chi connectivity index (χ1n) is 18.6. The van der Waals surface area contributed by atoms with Crippen molar-refractivity contribution in [3.05, 3.63) is 113 Å². The Morgan fingerprint density at radius 2 is 0.952 bits per heavy atom. The molecule has 0 unspecified atom stereocenters. The van der Waals surface area contributed by atoms with Gasteiger partial charge in [0, 0.05) is 31.0 Å². The van der Waals surface area contributed by atoms with E-state index in [4.69, 9.17) is 29.9 Å². The van der Waals surface area contributed by atoms with Gasteiger partial charge in [-0.25, -0.2) is 0 Å². The molecular weight excluding hydrogens is 858 g/mol. The highest BCUT2D eigenvalue weighted by Gasteiger charge is 2.02. The highest BCUT2D eigenvalue weighted by molar-refractivity contribution is 5.68. The SMILES string of the molecule is C.C=CC[N+](=O)[O-].C=C[N+](=O)[O-].CCCCCCCC/C=C\CCCCCCCC(=O)OC.O=NOCCON=O.O=NOCC[N+](=O)[O-].O=[N+]([O-])CCO.O=[N+]([O-])CC[N+](=O)[O-]. The minimum atomic E-state index is -0.719. The highest BCUT2D eigenvalue weighted by atomic mass is 16.8. The number of rotatable bonds is 32. The smallest absolute Gasteiger partial charge is 0.305 e. The molecule has 0 atom stereocenters. The van der Waals surface area contributed by atoms with Crippen LogP contribution in [0.25, 0.3) is 0 Å². The minimum absolute atomic E-state index is 0. The lowest BCUT2D eigenvalue weighted by atomic mass is 10.1. The van der Waals surface area contributed by atoms with Gasteiger partial charge in [0.25, 0.3) is 13.1 Å². The molecule has 0 bridgehead atoms. The second-order valence-electron chi connectivity index (χ2n) is 10.9. The number of allylic oxidation sites excluding steroid dienone is 2. The van der Waals surface area contributed by atoms with E-state index in [1.807, 2.05) is 16.0 Å². The van der Waals surface area contributed by atoms with Gasteiger partial charge >= 0.3 is 5.97 Å². The topological polar surface area (TPSA) is 421 Å². The summed E-state index contributed by atoms with van der Waals surface area (Å²) in [6.45, 7) is 5.52. The fourth-order valence-electron chi connectivity index (χ4n) is 3.09. The summed E-state index contributed by atoms with van der Waals surface area (Å²) in [5, 5.41) is 69.7. The number of methoxy groups -OCH3 is 1. The highest BCUT2D eigenvalue weighted by Crippen LogP contribution is 2.10. The third-order valence-electron chi connectivity index (χ3n) is 5.83. The fraction of sp³-hybridized carbons (Fsp3) is 0.788. The molecule has 0 fully saturated rings. The molecule has 0 aromatic heterocycles. The number of nitrogens with zero attached hydrogens (tertiary/aromatic N) is 9. The number of esters is 1. The van der Waals surface area contributed by atoms with Crippen molar-refractivity contribution in [1.82, 2.24) is 0 Å². The molecule has 0 aromatic carbocycles. The zero-order valence-corrected chi connectivity index (χ0v) is 35.1. The van der Waals surface area contributed by atoms with Crippen molar-refractivity contribution < 1.29 is 58.7 Å². The van der Waals surface area contributed by atoms with E-state index in [-0.39, 0.29) is 59.5 Å². The van der Waals surface area contributed by atoms with E-state index in [9.17, 15) is 55.4 Å². The summed E-state index contributed by atoms with van der Waals surface area (Å²) < 4.78 is 4.62. The molecule has 0 aliphatic carbocycles. The van der Waals surface area contributed by atoms with Crippen LogP contribution >= 0.6 is 0 Å². The van der Waals surface area contributed by atoms with Gasteiger partial charge in [0.1, 0.15) is 6.61 Å². The molecule has 368 valence electrons. The zero-order valence-electron chi connectivity index (χ0n) is 35.1. The van der Waals surface area contributed by atoms with E-state index in [0.717, 1.165) is 12.8 Å². The van der Waals surface area contributed by atoms with Crippen molar-refractivity contribution in [3.63, 3.8) is 0 Å². The van der Waals surface area contributed by atoms with Crippen LogP contribution in [0.3, 0.4) is 0 Å². The quantitative estimate of drug-likeness (QED) is 0.0180. The monoisotopic (exact) mass is 923 g/mol. The van der Waals surface area contributed by atoms with Gasteiger partial charge in [-0.05, 0) is 44.8 Å². The summed E-state index contributed by atoms with van der Waals surface area (Å²) in [7, 11) is 1.46. The Labute approximate surface area is 364 Å². The van der Waals surface area contributed by atoms with Gasteiger partial charge in [-0.2, -0.15) is 0 Å². The summed E-state index contributed by atoms with van der Waals surface area (Å²) >= 11 is 0. The molecule has 0 saturated carbocycles. The van der Waals surface area contributed by atoms with E-state index in [1.165, 1.54) is 83.8 Å². The van der Waals surface area contributed by atoms with Crippen LogP contribution in [0.4, 0.5) is 0 Å². The predicted octanol–water partition coefficient (Wildman–Crippen LogP) is 6.83. The van der Waals surface area contributed by atoms with Crippen LogP contribution in [0.2, 0.25) is 0 Å². The Kier molecular flexibility index (Phi) is 81.8. The first kappa shape index (κ1) is 73.8. The van der Waals surface area contributed by atoms with Crippen molar-refractivity contribution in [3.8, 4) is 0 Å². The van der Waals surface area contributed by atoms with Crippen molar-refractivity contribution in [2.75, 3.05) is 66.3 Å². The molecule has 0 radical (unpaired) electrons. The second kappa shape index (κ2) is 69.8. The number of carbonyl (C=O) groups is 1. The van der Waals surface area contributed by atoms with Gasteiger partial charge in [0.15, 0.2) is 35.8 Å². The molecule has 0 aliphatic rings. The standard InChI is InChI=1S/C19H36O2.C3H5NO2.3C2H4N2O4.C2H5NO3.C2H3NO2.CH4/c1-3-4-5-6-7-8-9-10-11-12-13-14-15-16-17-18-19(20)21-2;1-2-3-4(5)6;5-3-7-1-2-8-4-6;5-3-8-2-1-4(6)7;5-3(6)1-2-4(7)8;4-2-1-3(5)6;1-2-3(4)5;/h10-11H,3-9,12-18H2,1-2H3;2H,1,3H2;3*1-2H2;4H,1-2H2;2H,1H2;1H4/b11-10-;;;;;;;. The molecule has 0 heterocycles. The third-order valence-corrected chi connectivity index (χ3v) is 5.83. The van der Waals surface area contributed by atoms with Gasteiger partial charge in [0.05, 0.1) is 12.0 Å². The lowest BCUT2D eigenvalue weighted by Crippen LogP contribution is -2.12. The second-order valence-corrected chi connectivity index (χ2v) is 10.9. The molecule has 0 aromatic rings. The largest absolute Gasteiger partial charge is 0.469 e. The molecule has 0 amide bonds. The minimum Gasteiger partial charge on any atom is -0.469 e. The van der Waals surface area contributed by atoms with E-state index >= 15 is 0 Å². The summed E-state index contributed by atoms with van der Waals surface area (Å²) in [4.78, 5) is 102. The van der Waals surface area contributed by atoms with Gasteiger partial charge in [-0.15, -0.1) is 14.7 Å². The van der Waals surface area contributed by atoms with Crippen LogP contribution in [0.5, 0.6) is 0 Å². The number of nitro groups is 6. The first-order chi connectivity index (χ1) is 29.4. The molecule has 0 saturated heterocycles. The first-order valence-corrected chi connectivity index (χ1v) is 18.6. The molecule has 0 aliphatic heterocycles. The molecular formula is C33H65N9O21. The van der Waals surface area contributed by atoms with Crippen LogP contribution in [-0.4, -0.2) is 107 Å². The third kappa shape index (κ3) is 126. The number of hydrogen-bond acceptors (Lipinski definition) is 24. The molecule has 30 heteroatoms. The molecule has 30 nitrogen and oxygen atoms in total. The number of unbranched alkanes of at least 4 members (excludes halogenated alkanes) is 11. The number of aliphatic hydroxyl groups is 1. The summed E-state index contributed by atoms with van der Waals surface area (Å²) in [6, 6.07) is 0. The van der Waals surface area contributed by atoms with Crippen molar-refractivity contribution in [2.45, 2.75) is 104 Å². The average molecular weight is 924 g/mol. The molecule has 63 heavy (non-hydrogen) atoms. The maximum Gasteiger partial charge on any atom is 0.305 e. The number of ether oxygens (including phenoxy) is 1. The Hall–Kier alpha value is -6.75. The zero-order chi connectivity index (χ0) is 49.1. The maximum atomic E-state index is 10.9. The Bertz CT molecular complexity index is 1180. The fourth-order valence-corrected chi connectivity index (χ4v) is 3.09. The van der Waals surface area contributed by atoms with Crippen LogP contribution in [0, 0.1) is 75.4 Å². The molecule has 0 spiro atoms. The lowest BCUT2D eigenvalue weighted by molar-refractivity contribution is -0.555.